The standard InChI is InChI=1S/C26H29N3O2S/c1-4-20-7-11-22(12-8-20)25(30)28(15-16-31-3)14-13-23-18-32-26-27-24(17-29(23)26)21-9-5-19(2)6-10-21/h5-12,17-18H,4,13-16H2,1-3H3. The van der Waals surface area contributed by atoms with E-state index in [0.29, 0.717) is 19.7 Å². The van der Waals surface area contributed by atoms with Crippen LogP contribution in [0, 0.1) is 6.92 Å². The average molecular weight is 448 g/mol. The van der Waals surface area contributed by atoms with Gasteiger partial charge in [0, 0.05) is 55.0 Å². The molecule has 0 saturated carbocycles. The summed E-state index contributed by atoms with van der Waals surface area (Å²) in [6.45, 7) is 5.91. The Morgan fingerprint density at radius 3 is 2.53 bits per heavy atom. The molecule has 2 heterocycles. The van der Waals surface area contributed by atoms with Crippen LogP contribution in [0.25, 0.3) is 16.2 Å². The summed E-state index contributed by atoms with van der Waals surface area (Å²) in [7, 11) is 1.67. The molecule has 0 radical (unpaired) electrons. The lowest BCUT2D eigenvalue weighted by Gasteiger charge is -2.22. The van der Waals surface area contributed by atoms with Gasteiger partial charge in [-0.2, -0.15) is 0 Å². The molecule has 1 amide bonds. The number of nitrogens with zero attached hydrogens (tertiary/aromatic N) is 3. The highest BCUT2D eigenvalue weighted by atomic mass is 32.1. The third-order valence-corrected chi connectivity index (χ3v) is 6.62. The van der Waals surface area contributed by atoms with E-state index in [1.807, 2.05) is 29.2 Å². The van der Waals surface area contributed by atoms with Crippen molar-refractivity contribution in [2.75, 3.05) is 26.8 Å². The molecule has 6 heteroatoms. The van der Waals surface area contributed by atoms with Crippen LogP contribution in [0.5, 0.6) is 0 Å². The summed E-state index contributed by atoms with van der Waals surface area (Å²) in [5.74, 6) is 0.0437. The van der Waals surface area contributed by atoms with Crippen LogP contribution in [-0.2, 0) is 17.6 Å². The number of hydrogen-bond donors (Lipinski definition) is 0. The van der Waals surface area contributed by atoms with Crippen molar-refractivity contribution in [2.24, 2.45) is 0 Å². The maximum Gasteiger partial charge on any atom is 0.253 e. The van der Waals surface area contributed by atoms with Crippen LogP contribution in [0.1, 0.15) is 34.1 Å². The number of ether oxygens (including phenoxy) is 1. The van der Waals surface area contributed by atoms with E-state index in [0.717, 1.165) is 40.3 Å². The lowest BCUT2D eigenvalue weighted by Crippen LogP contribution is -2.35. The number of rotatable bonds is 9. The molecule has 2 aromatic heterocycles. The molecular formula is C26H29N3O2S. The fourth-order valence-corrected chi connectivity index (χ4v) is 4.61. The summed E-state index contributed by atoms with van der Waals surface area (Å²) in [4.78, 5) is 20.8. The second kappa shape index (κ2) is 10.1. The van der Waals surface area contributed by atoms with E-state index in [9.17, 15) is 4.79 Å². The zero-order chi connectivity index (χ0) is 22.5. The largest absolute Gasteiger partial charge is 0.383 e. The third-order valence-electron chi connectivity index (χ3n) is 5.73. The summed E-state index contributed by atoms with van der Waals surface area (Å²) in [5.41, 5.74) is 6.44. The minimum Gasteiger partial charge on any atom is -0.383 e. The number of benzene rings is 2. The Morgan fingerprint density at radius 1 is 1.09 bits per heavy atom. The molecular weight excluding hydrogens is 418 g/mol. The molecule has 4 rings (SSSR count). The quantitative estimate of drug-likeness (QED) is 0.351. The molecule has 0 aliphatic heterocycles. The van der Waals surface area contributed by atoms with Gasteiger partial charge < -0.3 is 9.64 Å². The Bertz CT molecular complexity index is 1180. The number of imidazole rings is 1. The molecule has 166 valence electrons. The fourth-order valence-electron chi connectivity index (χ4n) is 3.70. The van der Waals surface area contributed by atoms with Gasteiger partial charge in [-0.3, -0.25) is 9.20 Å². The molecule has 4 aromatic rings. The molecule has 0 aliphatic rings. The van der Waals surface area contributed by atoms with Gasteiger partial charge in [0.1, 0.15) is 0 Å². The van der Waals surface area contributed by atoms with E-state index < -0.39 is 0 Å². The highest BCUT2D eigenvalue weighted by Crippen LogP contribution is 2.24. The molecule has 2 aromatic carbocycles. The number of aryl methyl sites for hydroxylation is 2. The number of methoxy groups -OCH3 is 1. The van der Waals surface area contributed by atoms with Crippen LogP contribution in [0.4, 0.5) is 0 Å². The zero-order valence-corrected chi connectivity index (χ0v) is 19.7. The van der Waals surface area contributed by atoms with E-state index in [4.69, 9.17) is 9.72 Å². The Hall–Kier alpha value is -2.96. The van der Waals surface area contributed by atoms with Gasteiger partial charge >= 0.3 is 0 Å². The van der Waals surface area contributed by atoms with Crippen molar-refractivity contribution in [3.63, 3.8) is 0 Å². The monoisotopic (exact) mass is 447 g/mol. The molecule has 0 atom stereocenters. The Balaban J connectivity index is 1.50. The van der Waals surface area contributed by atoms with Gasteiger partial charge in [0.25, 0.3) is 5.91 Å². The molecule has 0 fully saturated rings. The molecule has 0 saturated heterocycles. The van der Waals surface area contributed by atoms with Crippen molar-refractivity contribution in [3.05, 3.63) is 82.5 Å². The average Bonchev–Trinajstić information content (AvgIpc) is 3.41. The Morgan fingerprint density at radius 2 is 1.84 bits per heavy atom. The van der Waals surface area contributed by atoms with E-state index in [-0.39, 0.29) is 5.91 Å². The number of aromatic nitrogens is 2. The summed E-state index contributed by atoms with van der Waals surface area (Å²) < 4.78 is 7.40. The summed E-state index contributed by atoms with van der Waals surface area (Å²) in [6.07, 6.45) is 3.81. The lowest BCUT2D eigenvalue weighted by atomic mass is 10.1. The number of fused-ring (bicyclic) bond motifs is 1. The molecule has 0 unspecified atom stereocenters. The van der Waals surface area contributed by atoms with Crippen molar-refractivity contribution >= 4 is 22.2 Å². The van der Waals surface area contributed by atoms with E-state index in [1.165, 1.54) is 11.1 Å². The van der Waals surface area contributed by atoms with Gasteiger partial charge in [0.2, 0.25) is 0 Å². The van der Waals surface area contributed by atoms with Gasteiger partial charge in [-0.05, 0) is 31.0 Å². The van der Waals surface area contributed by atoms with E-state index >= 15 is 0 Å². The number of carbonyl (C=O) groups is 1. The van der Waals surface area contributed by atoms with Crippen molar-refractivity contribution in [3.8, 4) is 11.3 Å². The van der Waals surface area contributed by atoms with Gasteiger partial charge in [-0.25, -0.2) is 4.98 Å². The first kappa shape index (κ1) is 22.2. The van der Waals surface area contributed by atoms with Crippen LogP contribution in [0.3, 0.4) is 0 Å². The molecule has 0 bridgehead atoms. The van der Waals surface area contributed by atoms with Gasteiger partial charge in [-0.1, -0.05) is 48.9 Å². The fraction of sp³-hybridized carbons (Fsp3) is 0.308. The highest BCUT2D eigenvalue weighted by molar-refractivity contribution is 7.15. The van der Waals surface area contributed by atoms with Crippen molar-refractivity contribution < 1.29 is 9.53 Å². The topological polar surface area (TPSA) is 46.8 Å². The first-order chi connectivity index (χ1) is 15.6. The number of carbonyl (C=O) groups excluding carboxylic acids is 1. The lowest BCUT2D eigenvalue weighted by molar-refractivity contribution is 0.0697. The third kappa shape index (κ3) is 4.92. The van der Waals surface area contributed by atoms with E-state index in [2.05, 4.69) is 54.1 Å². The SMILES string of the molecule is CCc1ccc(C(=O)N(CCOC)CCc2csc3nc(-c4ccc(C)cc4)cn23)cc1. The van der Waals surface area contributed by atoms with Crippen LogP contribution in [0.2, 0.25) is 0 Å². The molecule has 32 heavy (non-hydrogen) atoms. The van der Waals surface area contributed by atoms with Crippen molar-refractivity contribution in [1.82, 2.24) is 14.3 Å². The summed E-state index contributed by atoms with van der Waals surface area (Å²) in [5, 5.41) is 2.14. The Labute approximate surface area is 193 Å². The van der Waals surface area contributed by atoms with Crippen LogP contribution >= 0.6 is 11.3 Å². The van der Waals surface area contributed by atoms with E-state index in [1.54, 1.807) is 18.4 Å². The summed E-state index contributed by atoms with van der Waals surface area (Å²) in [6, 6.07) is 16.3. The Kier molecular flexibility index (Phi) is 7.02. The van der Waals surface area contributed by atoms with Gasteiger partial charge in [0.15, 0.2) is 4.96 Å². The first-order valence-corrected chi connectivity index (χ1v) is 11.9. The second-order valence-electron chi connectivity index (χ2n) is 7.96. The maximum absolute atomic E-state index is 13.1. The van der Waals surface area contributed by atoms with Crippen molar-refractivity contribution in [1.29, 1.82) is 0 Å². The molecule has 0 aliphatic carbocycles. The maximum atomic E-state index is 13.1. The second-order valence-corrected chi connectivity index (χ2v) is 8.79. The minimum atomic E-state index is 0.0437. The van der Waals surface area contributed by atoms with Gasteiger partial charge in [-0.15, -0.1) is 11.3 Å². The number of hydrogen-bond acceptors (Lipinski definition) is 4. The predicted molar refractivity (Wildman–Crippen MR) is 131 cm³/mol. The molecule has 0 N–H and O–H groups in total. The van der Waals surface area contributed by atoms with Crippen LogP contribution < -0.4 is 0 Å². The number of amides is 1. The first-order valence-electron chi connectivity index (χ1n) is 11.0. The summed E-state index contributed by atoms with van der Waals surface area (Å²) >= 11 is 1.63. The zero-order valence-electron chi connectivity index (χ0n) is 18.9. The number of thiazole rings is 1. The normalized spacial score (nSPS) is 11.2. The minimum absolute atomic E-state index is 0.0437. The molecule has 5 nitrogen and oxygen atoms in total. The smallest absolute Gasteiger partial charge is 0.253 e. The van der Waals surface area contributed by atoms with Crippen LogP contribution in [-0.4, -0.2) is 47.0 Å². The molecule has 0 spiro atoms. The van der Waals surface area contributed by atoms with Crippen molar-refractivity contribution in [2.45, 2.75) is 26.7 Å². The predicted octanol–water partition coefficient (Wildman–Crippen LogP) is 5.26. The highest BCUT2D eigenvalue weighted by Gasteiger charge is 2.17. The van der Waals surface area contributed by atoms with Crippen LogP contribution in [0.15, 0.2) is 60.1 Å². The van der Waals surface area contributed by atoms with Gasteiger partial charge in [0.05, 0.1) is 12.3 Å².